The molecule has 1 amide bonds. The lowest BCUT2D eigenvalue weighted by Gasteiger charge is -2.04. The van der Waals surface area contributed by atoms with Gasteiger partial charge < -0.3 is 15.7 Å². The highest BCUT2D eigenvalue weighted by molar-refractivity contribution is 5.88. The van der Waals surface area contributed by atoms with Crippen LogP contribution in [-0.4, -0.2) is 35.6 Å². The summed E-state index contributed by atoms with van der Waals surface area (Å²) in [5.74, 6) is -0.864. The van der Waals surface area contributed by atoms with E-state index in [0.717, 1.165) is 0 Å². The average molecular weight is 209 g/mol. The Morgan fingerprint density at radius 1 is 1.53 bits per heavy atom. The zero-order valence-corrected chi connectivity index (χ0v) is 8.15. The Morgan fingerprint density at radius 2 is 2.27 bits per heavy atom. The number of carbonyl (C=O) groups excluding carboxylic acids is 1. The van der Waals surface area contributed by atoms with Gasteiger partial charge >= 0.3 is 5.97 Å². The number of carboxylic acids is 1. The summed E-state index contributed by atoms with van der Waals surface area (Å²) < 4.78 is 0. The maximum atomic E-state index is 10.9. The zero-order valence-electron chi connectivity index (χ0n) is 8.15. The molecule has 1 aromatic heterocycles. The summed E-state index contributed by atoms with van der Waals surface area (Å²) in [7, 11) is 1.52. The van der Waals surface area contributed by atoms with E-state index >= 15 is 0 Å². The average Bonchev–Trinajstić information content (AvgIpc) is 2.26. The van der Waals surface area contributed by atoms with E-state index in [4.69, 9.17) is 5.11 Å². The summed E-state index contributed by atoms with van der Waals surface area (Å²) >= 11 is 0. The molecule has 0 saturated heterocycles. The van der Waals surface area contributed by atoms with Crippen molar-refractivity contribution >= 4 is 17.7 Å². The highest BCUT2D eigenvalue weighted by Crippen LogP contribution is 2.05. The molecule has 0 aliphatic heterocycles. The topological polar surface area (TPSA) is 91.3 Å². The van der Waals surface area contributed by atoms with Gasteiger partial charge in [0.25, 0.3) is 0 Å². The van der Waals surface area contributed by atoms with Gasteiger partial charge in [-0.2, -0.15) is 0 Å². The van der Waals surface area contributed by atoms with Gasteiger partial charge in [0, 0.05) is 13.2 Å². The molecule has 0 aliphatic rings. The van der Waals surface area contributed by atoms with E-state index in [2.05, 4.69) is 15.6 Å². The zero-order chi connectivity index (χ0) is 11.3. The van der Waals surface area contributed by atoms with Crippen molar-refractivity contribution < 1.29 is 14.7 Å². The summed E-state index contributed by atoms with van der Waals surface area (Å²) in [6.07, 6.45) is 1.37. The summed E-state index contributed by atoms with van der Waals surface area (Å²) in [5, 5.41) is 13.8. The van der Waals surface area contributed by atoms with Crippen molar-refractivity contribution in [3.8, 4) is 0 Å². The number of hydrogen-bond acceptors (Lipinski definition) is 4. The Labute approximate surface area is 86.3 Å². The van der Waals surface area contributed by atoms with Crippen LogP contribution in [0.25, 0.3) is 0 Å². The largest absolute Gasteiger partial charge is 0.478 e. The third-order valence-corrected chi connectivity index (χ3v) is 1.72. The van der Waals surface area contributed by atoms with Crippen molar-refractivity contribution in [1.29, 1.82) is 0 Å². The fourth-order valence-corrected chi connectivity index (χ4v) is 0.919. The first-order valence-corrected chi connectivity index (χ1v) is 4.27. The number of likely N-dealkylation sites (N-methyl/N-ethyl adjacent to an activating group) is 1. The fraction of sp³-hybridized carbons (Fsp3) is 0.222. The Bertz CT molecular complexity index is 379. The van der Waals surface area contributed by atoms with Gasteiger partial charge in [0.15, 0.2) is 0 Å². The van der Waals surface area contributed by atoms with Crippen LogP contribution >= 0.6 is 0 Å². The van der Waals surface area contributed by atoms with E-state index < -0.39 is 5.97 Å². The number of pyridine rings is 1. The van der Waals surface area contributed by atoms with Gasteiger partial charge in [0.1, 0.15) is 5.82 Å². The minimum Gasteiger partial charge on any atom is -0.478 e. The van der Waals surface area contributed by atoms with E-state index in [-0.39, 0.29) is 18.0 Å². The number of carbonyl (C=O) groups is 2. The maximum absolute atomic E-state index is 10.9. The normalized spacial score (nSPS) is 9.40. The van der Waals surface area contributed by atoms with E-state index in [0.29, 0.717) is 5.82 Å². The Balaban J connectivity index is 2.66. The minimum atomic E-state index is -1.03. The van der Waals surface area contributed by atoms with Crippen LogP contribution in [0.5, 0.6) is 0 Å². The summed E-state index contributed by atoms with van der Waals surface area (Å²) in [6.45, 7) is 0.0621. The molecular formula is C9H11N3O3. The molecule has 1 heterocycles. The number of rotatable bonds is 4. The monoisotopic (exact) mass is 209 g/mol. The molecule has 0 atom stereocenters. The quantitative estimate of drug-likeness (QED) is 0.646. The molecule has 1 rings (SSSR count). The molecule has 6 heteroatoms. The highest BCUT2D eigenvalue weighted by atomic mass is 16.4. The van der Waals surface area contributed by atoms with Crippen molar-refractivity contribution in [3.05, 3.63) is 23.9 Å². The molecular weight excluding hydrogens is 198 g/mol. The van der Waals surface area contributed by atoms with E-state index in [1.54, 1.807) is 0 Å². The SMILES string of the molecule is CNC(=O)CNc1cc(C(=O)O)ccn1. The molecule has 0 aliphatic carbocycles. The predicted octanol–water partition coefficient (Wildman–Crippen LogP) is -0.0623. The summed E-state index contributed by atoms with van der Waals surface area (Å²) in [4.78, 5) is 25.4. The summed E-state index contributed by atoms with van der Waals surface area (Å²) in [5.41, 5.74) is 0.129. The van der Waals surface area contributed by atoms with Crippen molar-refractivity contribution in [2.45, 2.75) is 0 Å². The maximum Gasteiger partial charge on any atom is 0.335 e. The third kappa shape index (κ3) is 3.26. The van der Waals surface area contributed by atoms with Crippen molar-refractivity contribution in [1.82, 2.24) is 10.3 Å². The van der Waals surface area contributed by atoms with Crippen LogP contribution in [0.4, 0.5) is 5.82 Å². The van der Waals surface area contributed by atoms with Gasteiger partial charge in [0.05, 0.1) is 12.1 Å². The second-order valence-electron chi connectivity index (χ2n) is 2.76. The van der Waals surface area contributed by atoms with Gasteiger partial charge in [-0.3, -0.25) is 4.79 Å². The van der Waals surface area contributed by atoms with E-state index in [9.17, 15) is 9.59 Å². The predicted molar refractivity (Wildman–Crippen MR) is 53.8 cm³/mol. The standard InChI is InChI=1S/C9H11N3O3/c1-10-8(13)5-12-7-4-6(9(14)15)2-3-11-7/h2-4H,5H2,1H3,(H,10,13)(H,11,12)(H,14,15). The summed E-state index contributed by atoms with van der Waals surface area (Å²) in [6, 6.07) is 2.75. The fourth-order valence-electron chi connectivity index (χ4n) is 0.919. The number of amides is 1. The number of nitrogens with one attached hydrogen (secondary N) is 2. The molecule has 0 aromatic carbocycles. The number of hydrogen-bond donors (Lipinski definition) is 3. The Kier molecular flexibility index (Phi) is 3.61. The van der Waals surface area contributed by atoms with Gasteiger partial charge in [-0.25, -0.2) is 9.78 Å². The lowest BCUT2D eigenvalue weighted by molar-refractivity contribution is -0.118. The van der Waals surface area contributed by atoms with Crippen molar-refractivity contribution in [2.75, 3.05) is 18.9 Å². The molecule has 3 N–H and O–H groups in total. The molecule has 0 bridgehead atoms. The first-order valence-electron chi connectivity index (χ1n) is 4.27. The molecule has 15 heavy (non-hydrogen) atoms. The Morgan fingerprint density at radius 3 is 2.87 bits per heavy atom. The van der Waals surface area contributed by atoms with Gasteiger partial charge in [0.2, 0.25) is 5.91 Å². The highest BCUT2D eigenvalue weighted by Gasteiger charge is 2.04. The molecule has 1 aromatic rings. The van der Waals surface area contributed by atoms with Crippen LogP contribution in [0, 0.1) is 0 Å². The number of anilines is 1. The van der Waals surface area contributed by atoms with Crippen molar-refractivity contribution in [3.63, 3.8) is 0 Å². The minimum absolute atomic E-state index is 0.0621. The molecule has 6 nitrogen and oxygen atoms in total. The second-order valence-corrected chi connectivity index (χ2v) is 2.76. The van der Waals surface area contributed by atoms with Crippen LogP contribution in [0.2, 0.25) is 0 Å². The van der Waals surface area contributed by atoms with Gasteiger partial charge in [-0.15, -0.1) is 0 Å². The molecule has 0 fully saturated rings. The van der Waals surface area contributed by atoms with Crippen LogP contribution in [-0.2, 0) is 4.79 Å². The third-order valence-electron chi connectivity index (χ3n) is 1.72. The van der Waals surface area contributed by atoms with Crippen LogP contribution in [0.15, 0.2) is 18.3 Å². The lowest BCUT2D eigenvalue weighted by atomic mass is 10.2. The van der Waals surface area contributed by atoms with E-state index in [1.165, 1.54) is 25.4 Å². The smallest absolute Gasteiger partial charge is 0.335 e. The van der Waals surface area contributed by atoms with Gasteiger partial charge in [-0.1, -0.05) is 0 Å². The van der Waals surface area contributed by atoms with E-state index in [1.807, 2.05) is 0 Å². The van der Waals surface area contributed by atoms with Crippen molar-refractivity contribution in [2.24, 2.45) is 0 Å². The molecule has 80 valence electrons. The van der Waals surface area contributed by atoms with Gasteiger partial charge in [-0.05, 0) is 12.1 Å². The molecule has 0 spiro atoms. The lowest BCUT2D eigenvalue weighted by Crippen LogP contribution is -2.26. The number of aromatic carboxylic acids is 1. The van der Waals surface area contributed by atoms with Crippen LogP contribution < -0.4 is 10.6 Å². The Hall–Kier alpha value is -2.11. The first-order chi connectivity index (χ1) is 7.13. The van der Waals surface area contributed by atoms with Crippen LogP contribution in [0.1, 0.15) is 10.4 Å². The molecule has 0 unspecified atom stereocenters. The second kappa shape index (κ2) is 4.94. The number of nitrogens with zero attached hydrogens (tertiary/aromatic N) is 1. The molecule has 0 radical (unpaired) electrons. The number of aromatic nitrogens is 1. The van der Waals surface area contributed by atoms with Crippen LogP contribution in [0.3, 0.4) is 0 Å². The number of carboxylic acid groups (broad SMARTS) is 1. The first kappa shape index (κ1) is 11.0. The molecule has 0 saturated carbocycles.